The molecule has 3 aromatic rings. The third-order valence-electron chi connectivity index (χ3n) is 3.33. The Kier molecular flexibility index (Phi) is 4.42. The predicted molar refractivity (Wildman–Crippen MR) is 84.9 cm³/mol. The zero-order valence-corrected chi connectivity index (χ0v) is 12.9. The van der Waals surface area contributed by atoms with Gasteiger partial charge in [0.25, 0.3) is 5.91 Å². The smallest absolute Gasteiger partial charge is 0.292 e. The Morgan fingerprint density at radius 1 is 1.08 bits per heavy atom. The van der Waals surface area contributed by atoms with E-state index in [1.807, 2.05) is 6.92 Å². The van der Waals surface area contributed by atoms with Crippen LogP contribution < -0.4 is 5.32 Å². The van der Waals surface area contributed by atoms with E-state index >= 15 is 0 Å². The number of hydrogen-bond acceptors (Lipinski definition) is 6. The van der Waals surface area contributed by atoms with Crippen molar-refractivity contribution >= 4 is 11.7 Å². The van der Waals surface area contributed by atoms with Gasteiger partial charge in [0.2, 0.25) is 17.5 Å². The van der Waals surface area contributed by atoms with Crippen LogP contribution in [0.15, 0.2) is 53.3 Å². The van der Waals surface area contributed by atoms with E-state index < -0.39 is 11.7 Å². The average Bonchev–Trinajstić information content (AvgIpc) is 3.09. The van der Waals surface area contributed by atoms with Crippen molar-refractivity contribution in [3.8, 4) is 11.4 Å². The van der Waals surface area contributed by atoms with Gasteiger partial charge in [-0.15, -0.1) is 0 Å². The first-order chi connectivity index (χ1) is 11.6. The maximum atomic E-state index is 12.0. The number of aromatic nitrogens is 3. The molecule has 0 fully saturated rings. The fraction of sp³-hybridized carbons (Fsp3) is 0.118. The van der Waals surface area contributed by atoms with Crippen molar-refractivity contribution in [2.45, 2.75) is 13.5 Å². The van der Waals surface area contributed by atoms with Gasteiger partial charge in [-0.3, -0.25) is 14.6 Å². The second kappa shape index (κ2) is 6.82. The molecule has 0 saturated heterocycles. The SMILES string of the molecule is Cc1ccc(C(=O)C(=O)NCc2nc(-c3ccncc3)no2)cc1. The van der Waals surface area contributed by atoms with E-state index in [-0.39, 0.29) is 12.4 Å². The van der Waals surface area contributed by atoms with E-state index in [1.165, 1.54) is 0 Å². The monoisotopic (exact) mass is 322 g/mol. The number of pyridine rings is 1. The van der Waals surface area contributed by atoms with Crippen molar-refractivity contribution in [1.82, 2.24) is 20.4 Å². The summed E-state index contributed by atoms with van der Waals surface area (Å²) in [5.41, 5.74) is 2.10. The maximum Gasteiger partial charge on any atom is 0.292 e. The first kappa shape index (κ1) is 15.5. The lowest BCUT2D eigenvalue weighted by molar-refractivity contribution is -0.117. The van der Waals surface area contributed by atoms with Gasteiger partial charge in [-0.05, 0) is 19.1 Å². The zero-order valence-electron chi connectivity index (χ0n) is 12.9. The van der Waals surface area contributed by atoms with E-state index in [1.54, 1.807) is 48.8 Å². The number of nitrogens with one attached hydrogen (secondary N) is 1. The van der Waals surface area contributed by atoms with Gasteiger partial charge < -0.3 is 9.84 Å². The van der Waals surface area contributed by atoms with E-state index in [0.717, 1.165) is 11.1 Å². The molecule has 7 heteroatoms. The van der Waals surface area contributed by atoms with Gasteiger partial charge >= 0.3 is 0 Å². The van der Waals surface area contributed by atoms with Crippen LogP contribution in [0.3, 0.4) is 0 Å². The molecule has 0 aliphatic carbocycles. The van der Waals surface area contributed by atoms with Gasteiger partial charge in [-0.2, -0.15) is 4.98 Å². The van der Waals surface area contributed by atoms with Crippen molar-refractivity contribution in [3.05, 3.63) is 65.8 Å². The van der Waals surface area contributed by atoms with Crippen molar-refractivity contribution in [3.63, 3.8) is 0 Å². The second-order valence-corrected chi connectivity index (χ2v) is 5.13. The molecule has 2 aromatic heterocycles. The van der Waals surface area contributed by atoms with Crippen LogP contribution in [0.2, 0.25) is 0 Å². The molecule has 0 bridgehead atoms. The molecule has 0 aliphatic heterocycles. The Hall–Kier alpha value is -3.35. The molecule has 0 atom stereocenters. The van der Waals surface area contributed by atoms with Crippen LogP contribution in [0.1, 0.15) is 21.8 Å². The molecule has 1 amide bonds. The number of hydrogen-bond donors (Lipinski definition) is 1. The van der Waals surface area contributed by atoms with Crippen molar-refractivity contribution in [1.29, 1.82) is 0 Å². The molecule has 0 radical (unpaired) electrons. The Balaban J connectivity index is 1.61. The van der Waals surface area contributed by atoms with Crippen LogP contribution >= 0.6 is 0 Å². The van der Waals surface area contributed by atoms with Gasteiger partial charge in [0.15, 0.2) is 0 Å². The molecule has 3 rings (SSSR count). The lowest BCUT2D eigenvalue weighted by Gasteiger charge is -2.02. The Bertz CT molecular complexity index is 857. The van der Waals surface area contributed by atoms with Gasteiger partial charge in [-0.1, -0.05) is 35.0 Å². The molecule has 7 nitrogen and oxygen atoms in total. The Morgan fingerprint density at radius 3 is 2.50 bits per heavy atom. The van der Waals surface area contributed by atoms with Crippen molar-refractivity contribution < 1.29 is 14.1 Å². The van der Waals surface area contributed by atoms with Gasteiger partial charge in [0.05, 0.1) is 6.54 Å². The molecule has 0 spiro atoms. The van der Waals surface area contributed by atoms with Crippen molar-refractivity contribution in [2.24, 2.45) is 0 Å². The first-order valence-electron chi connectivity index (χ1n) is 7.25. The first-order valence-corrected chi connectivity index (χ1v) is 7.25. The second-order valence-electron chi connectivity index (χ2n) is 5.13. The fourth-order valence-corrected chi connectivity index (χ4v) is 2.02. The third kappa shape index (κ3) is 3.52. The quantitative estimate of drug-likeness (QED) is 0.569. The average molecular weight is 322 g/mol. The van der Waals surface area contributed by atoms with Crippen LogP contribution in [-0.4, -0.2) is 26.8 Å². The highest BCUT2D eigenvalue weighted by molar-refractivity contribution is 6.42. The van der Waals surface area contributed by atoms with E-state index in [0.29, 0.717) is 11.4 Å². The van der Waals surface area contributed by atoms with Crippen molar-refractivity contribution in [2.75, 3.05) is 0 Å². The van der Waals surface area contributed by atoms with Gasteiger partial charge in [0.1, 0.15) is 0 Å². The van der Waals surface area contributed by atoms with E-state index in [9.17, 15) is 9.59 Å². The summed E-state index contributed by atoms with van der Waals surface area (Å²) in [7, 11) is 0. The number of aryl methyl sites for hydroxylation is 1. The summed E-state index contributed by atoms with van der Waals surface area (Å²) >= 11 is 0. The summed E-state index contributed by atoms with van der Waals surface area (Å²) in [4.78, 5) is 32.0. The number of ketones is 1. The summed E-state index contributed by atoms with van der Waals surface area (Å²) in [5.74, 6) is -0.718. The summed E-state index contributed by atoms with van der Waals surface area (Å²) in [6, 6.07) is 10.3. The van der Waals surface area contributed by atoms with Gasteiger partial charge in [0, 0.05) is 23.5 Å². The molecular formula is C17H14N4O3. The molecule has 0 unspecified atom stereocenters. The third-order valence-corrected chi connectivity index (χ3v) is 3.33. The number of carbonyl (C=O) groups is 2. The molecule has 2 heterocycles. The molecular weight excluding hydrogens is 308 g/mol. The molecule has 1 N–H and O–H groups in total. The minimum Gasteiger partial charge on any atom is -0.340 e. The number of Topliss-reactive ketones (excluding diaryl/α,β-unsaturated/α-hetero) is 1. The van der Waals surface area contributed by atoms with Crippen LogP contribution in [0.4, 0.5) is 0 Å². The summed E-state index contributed by atoms with van der Waals surface area (Å²) in [6.45, 7) is 1.89. The summed E-state index contributed by atoms with van der Waals surface area (Å²) in [5, 5.41) is 6.31. The lowest BCUT2D eigenvalue weighted by Crippen LogP contribution is -2.30. The highest BCUT2D eigenvalue weighted by Gasteiger charge is 2.17. The molecule has 1 aromatic carbocycles. The highest BCUT2D eigenvalue weighted by Crippen LogP contribution is 2.13. The van der Waals surface area contributed by atoms with E-state index in [4.69, 9.17) is 4.52 Å². The standard InChI is InChI=1S/C17H14N4O3/c1-11-2-4-12(5-3-11)15(22)17(23)19-10-14-20-16(21-24-14)13-6-8-18-9-7-13/h2-9H,10H2,1H3,(H,19,23). The predicted octanol–water partition coefficient (Wildman–Crippen LogP) is 1.94. The van der Waals surface area contributed by atoms with E-state index in [2.05, 4.69) is 20.4 Å². The minimum atomic E-state index is -0.720. The number of carbonyl (C=O) groups excluding carboxylic acids is 2. The molecule has 24 heavy (non-hydrogen) atoms. The lowest BCUT2D eigenvalue weighted by atomic mass is 10.1. The Morgan fingerprint density at radius 2 is 1.79 bits per heavy atom. The van der Waals surface area contributed by atoms with Crippen LogP contribution in [0.25, 0.3) is 11.4 Å². The normalized spacial score (nSPS) is 10.4. The largest absolute Gasteiger partial charge is 0.340 e. The van der Waals surface area contributed by atoms with Crippen LogP contribution in [-0.2, 0) is 11.3 Å². The topological polar surface area (TPSA) is 98.0 Å². The molecule has 0 aliphatic rings. The van der Waals surface area contributed by atoms with Crippen LogP contribution in [0.5, 0.6) is 0 Å². The fourth-order valence-electron chi connectivity index (χ4n) is 2.02. The number of benzene rings is 1. The molecule has 0 saturated carbocycles. The maximum absolute atomic E-state index is 12.0. The summed E-state index contributed by atoms with van der Waals surface area (Å²) < 4.78 is 5.06. The van der Waals surface area contributed by atoms with Gasteiger partial charge in [-0.25, -0.2) is 0 Å². The minimum absolute atomic E-state index is 0.0193. The Labute approximate surface area is 137 Å². The molecule has 120 valence electrons. The summed E-state index contributed by atoms with van der Waals surface area (Å²) in [6.07, 6.45) is 3.24. The number of amides is 1. The van der Waals surface area contributed by atoms with Crippen LogP contribution in [0, 0.1) is 6.92 Å². The number of nitrogens with zero attached hydrogens (tertiary/aromatic N) is 3. The highest BCUT2D eigenvalue weighted by atomic mass is 16.5. The zero-order chi connectivity index (χ0) is 16.9. The number of rotatable bonds is 5.